The molecular formula is C7H12N2O. The predicted octanol–water partition coefficient (Wildman–Crippen LogP) is -0.177. The Morgan fingerprint density at radius 2 is 2.40 bits per heavy atom. The van der Waals surface area contributed by atoms with E-state index >= 15 is 0 Å². The van der Waals surface area contributed by atoms with E-state index in [-0.39, 0.29) is 12.6 Å². The van der Waals surface area contributed by atoms with Gasteiger partial charge in [-0.1, -0.05) is 0 Å². The van der Waals surface area contributed by atoms with Crippen molar-refractivity contribution in [3.8, 4) is 6.07 Å². The average molecular weight is 140 g/mol. The molecule has 0 radical (unpaired) electrons. The first kappa shape index (κ1) is 7.52. The predicted molar refractivity (Wildman–Crippen MR) is 37.2 cm³/mol. The van der Waals surface area contributed by atoms with Gasteiger partial charge in [-0.05, 0) is 6.92 Å². The Hall–Kier alpha value is -0.590. The first-order chi connectivity index (χ1) is 4.77. The number of aliphatic hydroxyl groups is 1. The quantitative estimate of drug-likeness (QED) is 0.579. The summed E-state index contributed by atoms with van der Waals surface area (Å²) in [6.07, 6.45) is 0. The van der Waals surface area contributed by atoms with Crippen LogP contribution in [0.3, 0.4) is 0 Å². The highest BCUT2D eigenvalue weighted by Gasteiger charge is 2.29. The van der Waals surface area contributed by atoms with E-state index in [2.05, 4.69) is 11.0 Å². The number of hydrogen-bond donors (Lipinski definition) is 1. The molecule has 1 rings (SSSR count). The maximum atomic E-state index is 8.65. The van der Waals surface area contributed by atoms with Crippen LogP contribution in [-0.2, 0) is 0 Å². The van der Waals surface area contributed by atoms with Crippen LogP contribution in [0.25, 0.3) is 0 Å². The number of rotatable bonds is 2. The van der Waals surface area contributed by atoms with Gasteiger partial charge in [-0.3, -0.25) is 4.90 Å². The minimum atomic E-state index is 0.0165. The smallest absolute Gasteiger partial charge is 0.0949 e. The second-order valence-electron chi connectivity index (χ2n) is 2.81. The van der Waals surface area contributed by atoms with Crippen LogP contribution in [0.4, 0.5) is 0 Å². The summed E-state index contributed by atoms with van der Waals surface area (Å²) in [4.78, 5) is 2.06. The van der Waals surface area contributed by atoms with Gasteiger partial charge in [-0.2, -0.15) is 5.26 Å². The fraction of sp³-hybridized carbons (Fsp3) is 0.857. The summed E-state index contributed by atoms with van der Waals surface area (Å²) in [6.45, 7) is 3.90. The lowest BCUT2D eigenvalue weighted by Crippen LogP contribution is -2.51. The highest BCUT2D eigenvalue weighted by molar-refractivity contribution is 4.94. The van der Waals surface area contributed by atoms with Gasteiger partial charge >= 0.3 is 0 Å². The van der Waals surface area contributed by atoms with Crippen molar-refractivity contribution < 1.29 is 5.11 Å². The summed E-state index contributed by atoms with van der Waals surface area (Å²) in [7, 11) is 0. The summed E-state index contributed by atoms with van der Waals surface area (Å²) in [5.74, 6) is 0.413. The van der Waals surface area contributed by atoms with Crippen LogP contribution in [0.1, 0.15) is 6.92 Å². The second kappa shape index (κ2) is 3.00. The number of likely N-dealkylation sites (tertiary alicyclic amines) is 1. The summed E-state index contributed by atoms with van der Waals surface area (Å²) in [5, 5.41) is 17.1. The summed E-state index contributed by atoms with van der Waals surface area (Å²) >= 11 is 0. The van der Waals surface area contributed by atoms with Crippen molar-refractivity contribution in [1.82, 2.24) is 4.90 Å². The Morgan fingerprint density at radius 1 is 1.80 bits per heavy atom. The van der Waals surface area contributed by atoms with Crippen LogP contribution >= 0.6 is 0 Å². The zero-order chi connectivity index (χ0) is 7.56. The third kappa shape index (κ3) is 1.28. The molecule has 1 fully saturated rings. The van der Waals surface area contributed by atoms with Crippen molar-refractivity contribution in [1.29, 1.82) is 5.26 Å². The van der Waals surface area contributed by atoms with Crippen molar-refractivity contribution in [2.75, 3.05) is 19.7 Å². The number of hydrogen-bond acceptors (Lipinski definition) is 3. The molecule has 0 aromatic carbocycles. The van der Waals surface area contributed by atoms with Crippen molar-refractivity contribution in [3.63, 3.8) is 0 Å². The van der Waals surface area contributed by atoms with Gasteiger partial charge in [-0.25, -0.2) is 0 Å². The van der Waals surface area contributed by atoms with E-state index in [9.17, 15) is 0 Å². The third-order valence-corrected chi connectivity index (χ3v) is 1.98. The van der Waals surface area contributed by atoms with Crippen LogP contribution in [0.2, 0.25) is 0 Å². The van der Waals surface area contributed by atoms with Crippen LogP contribution in [0.15, 0.2) is 0 Å². The molecule has 1 saturated heterocycles. The Bertz CT molecular complexity index is 146. The summed E-state index contributed by atoms with van der Waals surface area (Å²) < 4.78 is 0. The molecule has 3 nitrogen and oxygen atoms in total. The fourth-order valence-corrected chi connectivity index (χ4v) is 1.12. The molecule has 0 aromatic rings. The molecule has 56 valence electrons. The Balaban J connectivity index is 2.21. The van der Waals surface area contributed by atoms with E-state index in [1.165, 1.54) is 0 Å². The first-order valence-electron chi connectivity index (χ1n) is 3.52. The number of nitrogens with zero attached hydrogens (tertiary/aromatic N) is 2. The zero-order valence-electron chi connectivity index (χ0n) is 6.12. The molecule has 1 atom stereocenters. The standard InChI is InChI=1S/C7H12N2O/c1-6(2-8)9-3-7(4-9)5-10/h6-7,10H,3-5H2,1H3. The van der Waals surface area contributed by atoms with Crippen molar-refractivity contribution in [2.45, 2.75) is 13.0 Å². The maximum Gasteiger partial charge on any atom is 0.0949 e. The van der Waals surface area contributed by atoms with E-state index in [1.54, 1.807) is 0 Å². The molecule has 1 aliphatic rings. The zero-order valence-corrected chi connectivity index (χ0v) is 6.12. The molecule has 1 unspecified atom stereocenters. The molecule has 0 amide bonds. The van der Waals surface area contributed by atoms with E-state index in [0.29, 0.717) is 5.92 Å². The van der Waals surface area contributed by atoms with Gasteiger partial charge in [0.1, 0.15) is 0 Å². The largest absolute Gasteiger partial charge is 0.396 e. The Labute approximate surface area is 60.9 Å². The summed E-state index contributed by atoms with van der Waals surface area (Å²) in [6, 6.07) is 2.17. The SMILES string of the molecule is CC(C#N)N1CC(CO)C1. The molecule has 1 heterocycles. The molecule has 3 heteroatoms. The van der Waals surface area contributed by atoms with Crippen molar-refractivity contribution in [3.05, 3.63) is 0 Å². The van der Waals surface area contributed by atoms with E-state index < -0.39 is 0 Å². The second-order valence-corrected chi connectivity index (χ2v) is 2.81. The monoisotopic (exact) mass is 140 g/mol. The molecule has 10 heavy (non-hydrogen) atoms. The molecular weight excluding hydrogens is 128 g/mol. The molecule has 0 spiro atoms. The van der Waals surface area contributed by atoms with Gasteiger partial charge in [0.05, 0.1) is 12.1 Å². The third-order valence-electron chi connectivity index (χ3n) is 1.98. The van der Waals surface area contributed by atoms with Gasteiger partial charge in [0.2, 0.25) is 0 Å². The molecule has 1 N–H and O–H groups in total. The fourth-order valence-electron chi connectivity index (χ4n) is 1.12. The lowest BCUT2D eigenvalue weighted by molar-refractivity contribution is 0.0407. The first-order valence-corrected chi connectivity index (χ1v) is 3.52. The van der Waals surface area contributed by atoms with E-state index in [1.807, 2.05) is 6.92 Å². The Morgan fingerprint density at radius 3 is 2.80 bits per heavy atom. The molecule has 0 bridgehead atoms. The van der Waals surface area contributed by atoms with Crippen LogP contribution in [-0.4, -0.2) is 35.7 Å². The topological polar surface area (TPSA) is 47.3 Å². The lowest BCUT2D eigenvalue weighted by atomic mass is 10.00. The maximum absolute atomic E-state index is 8.65. The van der Waals surface area contributed by atoms with Gasteiger partial charge < -0.3 is 5.11 Å². The summed E-state index contributed by atoms with van der Waals surface area (Å²) in [5.41, 5.74) is 0. The lowest BCUT2D eigenvalue weighted by Gasteiger charge is -2.39. The van der Waals surface area contributed by atoms with Crippen LogP contribution in [0, 0.1) is 17.2 Å². The van der Waals surface area contributed by atoms with E-state index in [0.717, 1.165) is 13.1 Å². The van der Waals surface area contributed by atoms with Gasteiger partial charge in [-0.15, -0.1) is 0 Å². The highest BCUT2D eigenvalue weighted by Crippen LogP contribution is 2.16. The van der Waals surface area contributed by atoms with Crippen LogP contribution < -0.4 is 0 Å². The van der Waals surface area contributed by atoms with E-state index in [4.69, 9.17) is 10.4 Å². The number of aliphatic hydroxyl groups excluding tert-OH is 1. The minimum absolute atomic E-state index is 0.0165. The van der Waals surface area contributed by atoms with Crippen molar-refractivity contribution in [2.24, 2.45) is 5.92 Å². The molecule has 0 saturated carbocycles. The average Bonchev–Trinajstić information content (AvgIpc) is 1.85. The van der Waals surface area contributed by atoms with Crippen molar-refractivity contribution >= 4 is 0 Å². The number of nitriles is 1. The molecule has 0 aliphatic carbocycles. The van der Waals surface area contributed by atoms with Gasteiger partial charge in [0.25, 0.3) is 0 Å². The van der Waals surface area contributed by atoms with Gasteiger partial charge in [0.15, 0.2) is 0 Å². The Kier molecular flexibility index (Phi) is 2.25. The van der Waals surface area contributed by atoms with Gasteiger partial charge in [0, 0.05) is 25.6 Å². The minimum Gasteiger partial charge on any atom is -0.396 e. The van der Waals surface area contributed by atoms with Crippen LogP contribution in [0.5, 0.6) is 0 Å². The molecule has 1 aliphatic heterocycles. The normalized spacial score (nSPS) is 23.3. The molecule has 0 aromatic heterocycles. The highest BCUT2D eigenvalue weighted by atomic mass is 16.3.